The van der Waals surface area contributed by atoms with Crippen LogP contribution in [0, 0.1) is 0 Å². The van der Waals surface area contributed by atoms with E-state index in [1.165, 1.54) is 0 Å². The molecule has 0 saturated carbocycles. The molecule has 0 radical (unpaired) electrons. The van der Waals surface area contributed by atoms with Crippen LogP contribution >= 0.6 is 23.2 Å². The molecule has 8 heteroatoms. The van der Waals surface area contributed by atoms with Crippen LogP contribution in [0.25, 0.3) is 10.9 Å². The van der Waals surface area contributed by atoms with Crippen molar-refractivity contribution in [1.29, 1.82) is 0 Å². The van der Waals surface area contributed by atoms with Crippen LogP contribution in [0.3, 0.4) is 0 Å². The predicted molar refractivity (Wildman–Crippen MR) is 105 cm³/mol. The molecule has 3 N–H and O–H groups in total. The molecular weight excluding hydrogens is 389 g/mol. The molecule has 0 bridgehead atoms. The zero-order chi connectivity index (χ0) is 19.2. The van der Waals surface area contributed by atoms with Crippen molar-refractivity contribution in [3.05, 3.63) is 64.3 Å². The molecule has 6 nitrogen and oxygen atoms in total. The average Bonchev–Trinajstić information content (AvgIpc) is 3.09. The number of aromatic nitrogens is 1. The fourth-order valence-electron chi connectivity index (χ4n) is 2.46. The number of aromatic amines is 1. The molecule has 0 aliphatic rings. The average molecular weight is 406 g/mol. The SMILES string of the molecule is O=C(CCCOc1ccc(Cl)cc1Cl)NNC(=O)c1cc2ccccc2[nH]1. The summed E-state index contributed by atoms with van der Waals surface area (Å²) in [5.41, 5.74) is 6.00. The number of hydrogen-bond donors (Lipinski definition) is 3. The van der Waals surface area contributed by atoms with E-state index in [0.717, 1.165) is 10.9 Å². The van der Waals surface area contributed by atoms with Gasteiger partial charge in [-0.05, 0) is 36.8 Å². The molecule has 0 atom stereocenters. The van der Waals surface area contributed by atoms with Gasteiger partial charge in [0.05, 0.1) is 11.6 Å². The van der Waals surface area contributed by atoms with Crippen molar-refractivity contribution in [3.8, 4) is 5.75 Å². The molecule has 0 unspecified atom stereocenters. The highest BCUT2D eigenvalue weighted by Gasteiger charge is 2.10. The van der Waals surface area contributed by atoms with Gasteiger partial charge in [-0.3, -0.25) is 20.4 Å². The number of H-pyrrole nitrogens is 1. The van der Waals surface area contributed by atoms with E-state index in [-0.39, 0.29) is 12.3 Å². The predicted octanol–water partition coefficient (Wildman–Crippen LogP) is 4.09. The molecule has 0 aliphatic heterocycles. The number of hydrogen-bond acceptors (Lipinski definition) is 3. The van der Waals surface area contributed by atoms with Gasteiger partial charge in [-0.15, -0.1) is 0 Å². The zero-order valence-electron chi connectivity index (χ0n) is 14.2. The topological polar surface area (TPSA) is 83.2 Å². The Balaban J connectivity index is 1.39. The summed E-state index contributed by atoms with van der Waals surface area (Å²) >= 11 is 11.8. The van der Waals surface area contributed by atoms with Gasteiger partial charge in [-0.2, -0.15) is 0 Å². The second-order valence-electron chi connectivity index (χ2n) is 5.80. The van der Waals surface area contributed by atoms with Crippen molar-refractivity contribution in [2.45, 2.75) is 12.8 Å². The smallest absolute Gasteiger partial charge is 0.286 e. The standard InChI is InChI=1S/C19H17Cl2N3O3/c20-13-7-8-17(14(21)11-13)27-9-3-6-18(25)23-24-19(26)16-10-12-4-1-2-5-15(12)22-16/h1-2,4-5,7-8,10-11,22H,3,6,9H2,(H,23,25)(H,24,26). The summed E-state index contributed by atoms with van der Waals surface area (Å²) in [6, 6.07) is 14.2. The van der Waals surface area contributed by atoms with E-state index in [1.807, 2.05) is 24.3 Å². The number of para-hydroxylation sites is 1. The van der Waals surface area contributed by atoms with Gasteiger partial charge in [-0.25, -0.2) is 0 Å². The van der Waals surface area contributed by atoms with Crippen LogP contribution in [-0.2, 0) is 4.79 Å². The molecule has 2 amide bonds. The Labute approximate surface area is 165 Å². The summed E-state index contributed by atoms with van der Waals surface area (Å²) in [4.78, 5) is 26.9. The molecule has 3 rings (SSSR count). The third-order valence-corrected chi connectivity index (χ3v) is 4.32. The van der Waals surface area contributed by atoms with Gasteiger partial charge >= 0.3 is 0 Å². The van der Waals surface area contributed by atoms with Crippen LogP contribution in [0.15, 0.2) is 48.5 Å². The van der Waals surface area contributed by atoms with E-state index in [4.69, 9.17) is 27.9 Å². The Morgan fingerprint density at radius 1 is 1.04 bits per heavy atom. The molecule has 0 spiro atoms. The molecule has 3 aromatic rings. The normalized spacial score (nSPS) is 10.6. The lowest BCUT2D eigenvalue weighted by molar-refractivity contribution is -0.122. The highest BCUT2D eigenvalue weighted by Crippen LogP contribution is 2.27. The van der Waals surface area contributed by atoms with E-state index in [1.54, 1.807) is 24.3 Å². The Morgan fingerprint density at radius 3 is 2.63 bits per heavy atom. The fourth-order valence-corrected chi connectivity index (χ4v) is 2.92. The fraction of sp³-hybridized carbons (Fsp3) is 0.158. The maximum atomic E-state index is 12.1. The van der Waals surface area contributed by atoms with Gasteiger partial charge in [0.15, 0.2) is 0 Å². The van der Waals surface area contributed by atoms with Crippen molar-refractivity contribution in [2.24, 2.45) is 0 Å². The monoisotopic (exact) mass is 405 g/mol. The number of carbonyl (C=O) groups is 2. The van der Waals surface area contributed by atoms with Gasteiger partial charge in [0, 0.05) is 22.3 Å². The zero-order valence-corrected chi connectivity index (χ0v) is 15.7. The summed E-state index contributed by atoms with van der Waals surface area (Å²) in [5, 5.41) is 1.86. The highest BCUT2D eigenvalue weighted by atomic mass is 35.5. The number of fused-ring (bicyclic) bond motifs is 1. The summed E-state index contributed by atoms with van der Waals surface area (Å²) < 4.78 is 5.51. The molecule has 0 fully saturated rings. The van der Waals surface area contributed by atoms with Crippen molar-refractivity contribution < 1.29 is 14.3 Å². The number of rotatable bonds is 6. The number of benzene rings is 2. The Bertz CT molecular complexity index is 939. The summed E-state index contributed by atoms with van der Waals surface area (Å²) in [6.45, 7) is 0.310. The van der Waals surface area contributed by atoms with Gasteiger partial charge in [0.25, 0.3) is 5.91 Å². The van der Waals surface area contributed by atoms with Crippen LogP contribution in [0.1, 0.15) is 23.3 Å². The van der Waals surface area contributed by atoms with E-state index < -0.39 is 5.91 Å². The van der Waals surface area contributed by atoms with Crippen LogP contribution < -0.4 is 15.6 Å². The lowest BCUT2D eigenvalue weighted by atomic mass is 10.2. The van der Waals surface area contributed by atoms with Crippen LogP contribution in [0.4, 0.5) is 0 Å². The highest BCUT2D eigenvalue weighted by molar-refractivity contribution is 6.35. The summed E-state index contributed by atoms with van der Waals surface area (Å²) in [7, 11) is 0. The van der Waals surface area contributed by atoms with Gasteiger partial charge in [0.1, 0.15) is 11.4 Å². The van der Waals surface area contributed by atoms with Gasteiger partial charge in [0.2, 0.25) is 5.91 Å². The number of nitrogens with one attached hydrogen (secondary N) is 3. The van der Waals surface area contributed by atoms with Crippen LogP contribution in [0.5, 0.6) is 5.75 Å². The van der Waals surface area contributed by atoms with E-state index >= 15 is 0 Å². The molecule has 1 heterocycles. The maximum Gasteiger partial charge on any atom is 0.286 e. The number of halogens is 2. The maximum absolute atomic E-state index is 12.1. The van der Waals surface area contributed by atoms with Crippen molar-refractivity contribution in [3.63, 3.8) is 0 Å². The molecule has 27 heavy (non-hydrogen) atoms. The summed E-state index contributed by atoms with van der Waals surface area (Å²) in [6.07, 6.45) is 0.658. The first-order chi connectivity index (χ1) is 13.0. The first-order valence-corrected chi connectivity index (χ1v) is 9.03. The lowest BCUT2D eigenvalue weighted by Gasteiger charge is -2.09. The minimum absolute atomic E-state index is 0.193. The van der Waals surface area contributed by atoms with Crippen LogP contribution in [-0.4, -0.2) is 23.4 Å². The minimum Gasteiger partial charge on any atom is -0.492 e. The van der Waals surface area contributed by atoms with E-state index in [9.17, 15) is 9.59 Å². The van der Waals surface area contributed by atoms with Crippen molar-refractivity contribution in [1.82, 2.24) is 15.8 Å². The number of hydrazine groups is 1. The largest absolute Gasteiger partial charge is 0.492 e. The third kappa shape index (κ3) is 5.15. The van der Waals surface area contributed by atoms with E-state index in [0.29, 0.717) is 34.5 Å². The van der Waals surface area contributed by atoms with Crippen LogP contribution in [0.2, 0.25) is 10.0 Å². The lowest BCUT2D eigenvalue weighted by Crippen LogP contribution is -2.41. The van der Waals surface area contributed by atoms with Gasteiger partial charge < -0.3 is 9.72 Å². The molecule has 1 aromatic heterocycles. The molecule has 2 aromatic carbocycles. The van der Waals surface area contributed by atoms with E-state index in [2.05, 4.69) is 15.8 Å². The number of carbonyl (C=O) groups excluding carboxylic acids is 2. The molecule has 0 saturated heterocycles. The summed E-state index contributed by atoms with van der Waals surface area (Å²) in [5.74, 6) is -0.220. The molecule has 140 valence electrons. The number of ether oxygens (including phenoxy) is 1. The van der Waals surface area contributed by atoms with Gasteiger partial charge in [-0.1, -0.05) is 41.4 Å². The molecule has 0 aliphatic carbocycles. The first-order valence-electron chi connectivity index (χ1n) is 8.28. The quantitative estimate of drug-likeness (QED) is 0.426. The Morgan fingerprint density at radius 2 is 1.85 bits per heavy atom. The Hall–Kier alpha value is -2.70. The van der Waals surface area contributed by atoms with Crippen molar-refractivity contribution >= 4 is 45.9 Å². The number of amides is 2. The second-order valence-corrected chi connectivity index (χ2v) is 6.64. The minimum atomic E-state index is -0.413. The third-order valence-electron chi connectivity index (χ3n) is 3.79. The first kappa shape index (κ1) is 19.1. The Kier molecular flexibility index (Phi) is 6.21. The second kappa shape index (κ2) is 8.79. The molecular formula is C19H17Cl2N3O3. The van der Waals surface area contributed by atoms with Crippen molar-refractivity contribution in [2.75, 3.05) is 6.61 Å².